The van der Waals surface area contributed by atoms with Crippen molar-refractivity contribution in [3.63, 3.8) is 0 Å². The number of hydrogen-bond donors (Lipinski definition) is 1. The molecule has 1 amide bonds. The quantitative estimate of drug-likeness (QED) is 0.866. The first kappa shape index (κ1) is 13.1. The highest BCUT2D eigenvalue weighted by Crippen LogP contribution is 2.21. The number of amides is 1. The highest BCUT2D eigenvalue weighted by molar-refractivity contribution is 5.95. The van der Waals surface area contributed by atoms with Gasteiger partial charge in [-0.2, -0.15) is 0 Å². The predicted octanol–water partition coefficient (Wildman–Crippen LogP) is 0.991. The third-order valence-corrected chi connectivity index (χ3v) is 3.52. The lowest BCUT2D eigenvalue weighted by Crippen LogP contribution is -2.55. The molecule has 1 atom stereocenters. The number of likely N-dealkylation sites (N-methyl/N-ethyl adjacent to an activating group) is 1. The number of hydrogen-bond acceptors (Lipinski definition) is 3. The van der Waals surface area contributed by atoms with Crippen molar-refractivity contribution in [2.24, 2.45) is 5.73 Å². The summed E-state index contributed by atoms with van der Waals surface area (Å²) in [5.74, 6) is 0.163. The fourth-order valence-corrected chi connectivity index (χ4v) is 2.43. The smallest absolute Gasteiger partial charge is 0.241 e. The minimum atomic E-state index is 0.163. The van der Waals surface area contributed by atoms with E-state index in [9.17, 15) is 4.79 Å². The number of carbonyl (C=O) groups is 1. The summed E-state index contributed by atoms with van der Waals surface area (Å²) in [6.07, 6.45) is 0.923. The average molecular weight is 247 g/mol. The maximum atomic E-state index is 12.1. The molecule has 2 rings (SSSR count). The van der Waals surface area contributed by atoms with Crippen LogP contribution in [0.1, 0.15) is 12.0 Å². The number of nitrogens with zero attached hydrogens (tertiary/aromatic N) is 2. The lowest BCUT2D eigenvalue weighted by atomic mass is 10.1. The Morgan fingerprint density at radius 2 is 2.22 bits per heavy atom. The van der Waals surface area contributed by atoms with Gasteiger partial charge in [-0.05, 0) is 44.6 Å². The van der Waals surface area contributed by atoms with Crippen molar-refractivity contribution in [1.29, 1.82) is 0 Å². The van der Waals surface area contributed by atoms with Crippen molar-refractivity contribution in [2.45, 2.75) is 19.4 Å². The summed E-state index contributed by atoms with van der Waals surface area (Å²) >= 11 is 0. The van der Waals surface area contributed by atoms with Gasteiger partial charge in [0, 0.05) is 18.3 Å². The lowest BCUT2D eigenvalue weighted by molar-refractivity contribution is -0.122. The van der Waals surface area contributed by atoms with Gasteiger partial charge < -0.3 is 10.6 Å². The maximum Gasteiger partial charge on any atom is 0.241 e. The standard InChI is InChI=1S/C14H21N3O/c1-11-4-3-5-12(8-11)17-9-13(6-7-15)16(2)10-14(17)18/h3-5,8,13H,6-7,9-10,15H2,1-2H3. The monoisotopic (exact) mass is 247 g/mol. The molecular weight excluding hydrogens is 226 g/mol. The zero-order valence-electron chi connectivity index (χ0n) is 11.1. The number of benzene rings is 1. The number of anilines is 1. The molecule has 1 fully saturated rings. The number of rotatable bonds is 3. The maximum absolute atomic E-state index is 12.1. The fourth-order valence-electron chi connectivity index (χ4n) is 2.43. The molecule has 2 N–H and O–H groups in total. The first-order chi connectivity index (χ1) is 8.61. The Labute approximate surface area is 108 Å². The van der Waals surface area contributed by atoms with Gasteiger partial charge in [-0.3, -0.25) is 9.69 Å². The molecule has 0 aromatic heterocycles. The Morgan fingerprint density at radius 1 is 1.44 bits per heavy atom. The minimum Gasteiger partial charge on any atom is -0.330 e. The molecule has 1 unspecified atom stereocenters. The molecule has 0 radical (unpaired) electrons. The topological polar surface area (TPSA) is 49.6 Å². The number of carbonyl (C=O) groups excluding carboxylic acids is 1. The van der Waals surface area contributed by atoms with E-state index in [4.69, 9.17) is 5.73 Å². The van der Waals surface area contributed by atoms with Crippen LogP contribution in [-0.4, -0.2) is 43.5 Å². The van der Waals surface area contributed by atoms with Crippen LogP contribution < -0.4 is 10.6 Å². The second-order valence-corrected chi connectivity index (χ2v) is 4.99. The van der Waals surface area contributed by atoms with E-state index in [1.54, 1.807) is 0 Å². The number of piperazine rings is 1. The van der Waals surface area contributed by atoms with Crippen LogP contribution in [0.15, 0.2) is 24.3 Å². The van der Waals surface area contributed by atoms with Crippen molar-refractivity contribution in [2.75, 3.05) is 31.6 Å². The molecule has 1 saturated heterocycles. The Kier molecular flexibility index (Phi) is 3.99. The van der Waals surface area contributed by atoms with E-state index in [1.165, 1.54) is 5.56 Å². The van der Waals surface area contributed by atoms with Crippen LogP contribution in [-0.2, 0) is 4.79 Å². The van der Waals surface area contributed by atoms with Gasteiger partial charge in [-0.25, -0.2) is 0 Å². The fraction of sp³-hybridized carbons (Fsp3) is 0.500. The molecule has 0 spiro atoms. The Morgan fingerprint density at radius 3 is 2.89 bits per heavy atom. The van der Waals surface area contributed by atoms with Crippen molar-refractivity contribution in [3.8, 4) is 0 Å². The first-order valence-corrected chi connectivity index (χ1v) is 6.39. The second kappa shape index (κ2) is 5.50. The third kappa shape index (κ3) is 2.71. The zero-order valence-corrected chi connectivity index (χ0v) is 11.1. The average Bonchev–Trinajstić information content (AvgIpc) is 2.33. The van der Waals surface area contributed by atoms with Crippen molar-refractivity contribution < 1.29 is 4.79 Å². The first-order valence-electron chi connectivity index (χ1n) is 6.39. The molecule has 4 heteroatoms. The molecule has 0 aliphatic carbocycles. The van der Waals surface area contributed by atoms with Crippen LogP contribution in [0, 0.1) is 6.92 Å². The molecule has 18 heavy (non-hydrogen) atoms. The molecule has 0 saturated carbocycles. The minimum absolute atomic E-state index is 0.163. The molecule has 1 aromatic rings. The van der Waals surface area contributed by atoms with E-state index < -0.39 is 0 Å². The van der Waals surface area contributed by atoms with Crippen LogP contribution in [0.5, 0.6) is 0 Å². The summed E-state index contributed by atoms with van der Waals surface area (Å²) in [4.78, 5) is 16.1. The third-order valence-electron chi connectivity index (χ3n) is 3.52. The van der Waals surface area contributed by atoms with E-state index in [0.717, 1.165) is 18.7 Å². The van der Waals surface area contributed by atoms with Gasteiger partial charge in [0.15, 0.2) is 0 Å². The Balaban J connectivity index is 2.19. The molecule has 1 aliphatic rings. The summed E-state index contributed by atoms with van der Waals surface area (Å²) in [5.41, 5.74) is 7.81. The number of nitrogens with two attached hydrogens (primary N) is 1. The predicted molar refractivity (Wildman–Crippen MR) is 73.6 cm³/mol. The van der Waals surface area contributed by atoms with Gasteiger partial charge in [0.25, 0.3) is 0 Å². The van der Waals surface area contributed by atoms with E-state index in [2.05, 4.69) is 11.0 Å². The van der Waals surface area contributed by atoms with Crippen LogP contribution in [0.3, 0.4) is 0 Å². The van der Waals surface area contributed by atoms with Crippen molar-refractivity contribution in [3.05, 3.63) is 29.8 Å². The molecule has 98 valence electrons. The molecular formula is C14H21N3O. The van der Waals surface area contributed by atoms with E-state index in [-0.39, 0.29) is 5.91 Å². The number of aryl methyl sites for hydroxylation is 1. The summed E-state index contributed by atoms with van der Waals surface area (Å²) in [6, 6.07) is 8.45. The summed E-state index contributed by atoms with van der Waals surface area (Å²) in [5, 5.41) is 0. The summed E-state index contributed by atoms with van der Waals surface area (Å²) in [6.45, 7) is 3.90. The Bertz CT molecular complexity index is 433. The van der Waals surface area contributed by atoms with Gasteiger partial charge in [0.2, 0.25) is 5.91 Å². The summed E-state index contributed by atoms with van der Waals surface area (Å²) in [7, 11) is 1.99. The Hall–Kier alpha value is -1.39. The van der Waals surface area contributed by atoms with Gasteiger partial charge in [-0.1, -0.05) is 12.1 Å². The summed E-state index contributed by atoms with van der Waals surface area (Å²) < 4.78 is 0. The van der Waals surface area contributed by atoms with Crippen LogP contribution in [0.25, 0.3) is 0 Å². The SMILES string of the molecule is Cc1cccc(N2CC(CCN)N(C)CC2=O)c1. The molecule has 1 heterocycles. The highest BCUT2D eigenvalue weighted by Gasteiger charge is 2.29. The van der Waals surface area contributed by atoms with Gasteiger partial charge in [0.05, 0.1) is 6.54 Å². The van der Waals surface area contributed by atoms with E-state index in [1.807, 2.05) is 37.1 Å². The van der Waals surface area contributed by atoms with Gasteiger partial charge in [0.1, 0.15) is 0 Å². The van der Waals surface area contributed by atoms with E-state index >= 15 is 0 Å². The molecule has 1 aliphatic heterocycles. The molecule has 0 bridgehead atoms. The van der Waals surface area contributed by atoms with Crippen LogP contribution >= 0.6 is 0 Å². The van der Waals surface area contributed by atoms with Crippen LogP contribution in [0.4, 0.5) is 5.69 Å². The highest BCUT2D eigenvalue weighted by atomic mass is 16.2. The lowest BCUT2D eigenvalue weighted by Gasteiger charge is -2.39. The second-order valence-electron chi connectivity index (χ2n) is 4.99. The largest absolute Gasteiger partial charge is 0.330 e. The molecule has 4 nitrogen and oxygen atoms in total. The van der Waals surface area contributed by atoms with Crippen molar-refractivity contribution in [1.82, 2.24) is 4.90 Å². The normalized spacial score (nSPS) is 21.4. The van der Waals surface area contributed by atoms with Crippen molar-refractivity contribution >= 4 is 11.6 Å². The van der Waals surface area contributed by atoms with E-state index in [0.29, 0.717) is 19.1 Å². The van der Waals surface area contributed by atoms with Gasteiger partial charge >= 0.3 is 0 Å². The van der Waals surface area contributed by atoms with Gasteiger partial charge in [-0.15, -0.1) is 0 Å². The molecule has 1 aromatic carbocycles. The van der Waals surface area contributed by atoms with Crippen LogP contribution in [0.2, 0.25) is 0 Å². The zero-order chi connectivity index (χ0) is 13.1.